The van der Waals surface area contributed by atoms with Gasteiger partial charge >= 0.3 is 0 Å². The summed E-state index contributed by atoms with van der Waals surface area (Å²) in [4.78, 5) is 31.9. The van der Waals surface area contributed by atoms with E-state index in [0.717, 1.165) is 41.0 Å². The third-order valence-corrected chi connectivity index (χ3v) is 6.23. The van der Waals surface area contributed by atoms with Gasteiger partial charge in [0, 0.05) is 11.9 Å². The molecule has 3 aromatic rings. The van der Waals surface area contributed by atoms with E-state index >= 15 is 0 Å². The van der Waals surface area contributed by atoms with Gasteiger partial charge in [-0.25, -0.2) is 4.98 Å². The highest BCUT2D eigenvalue weighted by molar-refractivity contribution is 7.18. The summed E-state index contributed by atoms with van der Waals surface area (Å²) in [5.41, 5.74) is 3.36. The lowest BCUT2D eigenvalue weighted by Crippen LogP contribution is -2.28. The molecule has 0 spiro atoms. The van der Waals surface area contributed by atoms with Gasteiger partial charge in [-0.2, -0.15) is 5.10 Å². The van der Waals surface area contributed by atoms with E-state index in [4.69, 9.17) is 0 Å². The first kappa shape index (κ1) is 17.0. The van der Waals surface area contributed by atoms with Crippen LogP contribution in [0.3, 0.4) is 0 Å². The molecule has 0 saturated carbocycles. The summed E-state index contributed by atoms with van der Waals surface area (Å²) >= 11 is 1.61. The molecular formula is C18H21N5O2S. The van der Waals surface area contributed by atoms with E-state index in [1.165, 1.54) is 22.2 Å². The molecule has 4 rings (SSSR count). The number of hydrogen-bond acceptors (Lipinski definition) is 5. The Hall–Kier alpha value is -2.48. The molecule has 0 saturated heterocycles. The van der Waals surface area contributed by atoms with Crippen LogP contribution in [0, 0.1) is 13.8 Å². The van der Waals surface area contributed by atoms with Crippen LogP contribution in [0.1, 0.15) is 34.7 Å². The average molecular weight is 371 g/mol. The lowest BCUT2D eigenvalue weighted by atomic mass is 9.97. The van der Waals surface area contributed by atoms with Crippen LogP contribution in [0.4, 0.5) is 5.69 Å². The number of anilines is 1. The van der Waals surface area contributed by atoms with Crippen LogP contribution in [-0.2, 0) is 31.2 Å². The SMILES string of the molecule is Cc1nn(C)c(C)c1NC(=O)Cn1cnc2sc3c(c2c1=O)CCCC3. The number of aromatic nitrogens is 4. The number of fused-ring (bicyclic) bond motifs is 3. The van der Waals surface area contributed by atoms with Gasteiger partial charge in [0.1, 0.15) is 11.4 Å². The molecule has 0 fully saturated rings. The summed E-state index contributed by atoms with van der Waals surface area (Å²) in [6.07, 6.45) is 5.70. The fraction of sp³-hybridized carbons (Fsp3) is 0.444. The van der Waals surface area contributed by atoms with Crippen molar-refractivity contribution in [2.24, 2.45) is 7.05 Å². The Morgan fingerprint density at radius 1 is 1.31 bits per heavy atom. The van der Waals surface area contributed by atoms with Crippen LogP contribution < -0.4 is 10.9 Å². The van der Waals surface area contributed by atoms with E-state index in [1.807, 2.05) is 20.9 Å². The zero-order valence-electron chi connectivity index (χ0n) is 15.1. The highest BCUT2D eigenvalue weighted by atomic mass is 32.1. The number of nitrogens with zero attached hydrogens (tertiary/aromatic N) is 4. The van der Waals surface area contributed by atoms with Gasteiger partial charge in [0.2, 0.25) is 5.91 Å². The second-order valence-electron chi connectivity index (χ2n) is 6.79. The first-order valence-corrected chi connectivity index (χ1v) is 9.57. The maximum absolute atomic E-state index is 12.9. The van der Waals surface area contributed by atoms with Gasteiger partial charge in [-0.15, -0.1) is 11.3 Å². The van der Waals surface area contributed by atoms with Gasteiger partial charge in [-0.05, 0) is 45.1 Å². The first-order chi connectivity index (χ1) is 12.5. The maximum Gasteiger partial charge on any atom is 0.262 e. The van der Waals surface area contributed by atoms with Crippen molar-refractivity contribution < 1.29 is 4.79 Å². The monoisotopic (exact) mass is 371 g/mol. The van der Waals surface area contributed by atoms with Crippen LogP contribution in [0.15, 0.2) is 11.1 Å². The van der Waals surface area contributed by atoms with Crippen molar-refractivity contribution in [2.45, 2.75) is 46.1 Å². The summed E-state index contributed by atoms with van der Waals surface area (Å²) in [5, 5.41) is 7.87. The van der Waals surface area contributed by atoms with Gasteiger partial charge in [0.05, 0.1) is 28.8 Å². The Morgan fingerprint density at radius 2 is 2.08 bits per heavy atom. The number of hydrogen-bond donors (Lipinski definition) is 1. The standard InChI is InChI=1S/C18H21N5O2S/c1-10-16(11(2)22(3)21-10)20-14(24)8-23-9-19-17-15(18(23)25)12-6-4-5-7-13(12)26-17/h9H,4-8H2,1-3H3,(H,20,24). The van der Waals surface area contributed by atoms with Crippen molar-refractivity contribution in [1.82, 2.24) is 19.3 Å². The Balaban J connectivity index is 1.64. The average Bonchev–Trinajstić information content (AvgIpc) is 3.10. The third kappa shape index (κ3) is 2.74. The molecule has 0 radical (unpaired) electrons. The van der Waals surface area contributed by atoms with Crippen molar-refractivity contribution in [3.8, 4) is 0 Å². The minimum absolute atomic E-state index is 0.0554. The lowest BCUT2D eigenvalue weighted by molar-refractivity contribution is -0.116. The van der Waals surface area contributed by atoms with Crippen LogP contribution in [-0.4, -0.2) is 25.2 Å². The summed E-state index contributed by atoms with van der Waals surface area (Å²) in [6.45, 7) is 3.69. The van der Waals surface area contributed by atoms with E-state index in [2.05, 4.69) is 15.4 Å². The largest absolute Gasteiger partial charge is 0.321 e. The predicted molar refractivity (Wildman–Crippen MR) is 102 cm³/mol. The Kier molecular flexibility index (Phi) is 4.14. The number of carbonyl (C=O) groups is 1. The summed E-state index contributed by atoms with van der Waals surface area (Å²) in [6, 6.07) is 0. The second kappa shape index (κ2) is 6.35. The first-order valence-electron chi connectivity index (χ1n) is 8.75. The number of aryl methyl sites for hydroxylation is 4. The topological polar surface area (TPSA) is 81.8 Å². The van der Waals surface area contributed by atoms with E-state index in [-0.39, 0.29) is 18.0 Å². The summed E-state index contributed by atoms with van der Waals surface area (Å²) in [5.74, 6) is -0.253. The zero-order valence-corrected chi connectivity index (χ0v) is 15.9. The quantitative estimate of drug-likeness (QED) is 0.766. The maximum atomic E-state index is 12.9. The van der Waals surface area contributed by atoms with Gasteiger partial charge < -0.3 is 5.32 Å². The van der Waals surface area contributed by atoms with Crippen molar-refractivity contribution >= 4 is 33.1 Å². The lowest BCUT2D eigenvalue weighted by Gasteiger charge is -2.10. The minimum Gasteiger partial charge on any atom is -0.321 e. The molecule has 136 valence electrons. The van der Waals surface area contributed by atoms with Crippen LogP contribution in [0.2, 0.25) is 0 Å². The van der Waals surface area contributed by atoms with E-state index in [9.17, 15) is 9.59 Å². The molecule has 0 atom stereocenters. The van der Waals surface area contributed by atoms with Crippen molar-refractivity contribution in [3.05, 3.63) is 38.5 Å². The molecule has 8 heteroatoms. The number of carbonyl (C=O) groups excluding carboxylic acids is 1. The summed E-state index contributed by atoms with van der Waals surface area (Å²) in [7, 11) is 1.83. The molecule has 0 aliphatic heterocycles. The van der Waals surface area contributed by atoms with E-state index in [1.54, 1.807) is 16.0 Å². The fourth-order valence-corrected chi connectivity index (χ4v) is 4.80. The second-order valence-corrected chi connectivity index (χ2v) is 7.87. The number of rotatable bonds is 3. The predicted octanol–water partition coefficient (Wildman–Crippen LogP) is 2.33. The molecule has 0 aromatic carbocycles. The molecule has 1 aliphatic carbocycles. The molecule has 1 amide bonds. The normalized spacial score (nSPS) is 13.8. The summed E-state index contributed by atoms with van der Waals surface area (Å²) < 4.78 is 3.13. The fourth-order valence-electron chi connectivity index (χ4n) is 3.58. The minimum atomic E-state index is -0.253. The smallest absolute Gasteiger partial charge is 0.262 e. The van der Waals surface area contributed by atoms with E-state index in [0.29, 0.717) is 11.1 Å². The van der Waals surface area contributed by atoms with Gasteiger partial charge in [-0.1, -0.05) is 0 Å². The van der Waals surface area contributed by atoms with Crippen LogP contribution in [0.25, 0.3) is 10.2 Å². The van der Waals surface area contributed by atoms with Gasteiger partial charge in [0.15, 0.2) is 0 Å². The molecule has 3 aromatic heterocycles. The van der Waals surface area contributed by atoms with Crippen molar-refractivity contribution in [1.29, 1.82) is 0 Å². The van der Waals surface area contributed by atoms with Crippen molar-refractivity contribution in [2.75, 3.05) is 5.32 Å². The molecule has 1 N–H and O–H groups in total. The molecular weight excluding hydrogens is 350 g/mol. The Labute approximate surface area is 154 Å². The van der Waals surface area contributed by atoms with Gasteiger partial charge in [0.25, 0.3) is 5.56 Å². The van der Waals surface area contributed by atoms with Crippen LogP contribution >= 0.6 is 11.3 Å². The number of nitrogens with one attached hydrogen (secondary N) is 1. The molecule has 3 heterocycles. The van der Waals surface area contributed by atoms with E-state index < -0.39 is 0 Å². The molecule has 1 aliphatic rings. The highest BCUT2D eigenvalue weighted by Crippen LogP contribution is 2.33. The number of thiophene rings is 1. The highest BCUT2D eigenvalue weighted by Gasteiger charge is 2.21. The Morgan fingerprint density at radius 3 is 2.81 bits per heavy atom. The molecule has 26 heavy (non-hydrogen) atoms. The zero-order chi connectivity index (χ0) is 18.4. The Bertz CT molecular complexity index is 1080. The van der Waals surface area contributed by atoms with Gasteiger partial charge in [-0.3, -0.25) is 18.8 Å². The molecule has 7 nitrogen and oxygen atoms in total. The molecule has 0 bridgehead atoms. The molecule has 0 unspecified atom stereocenters. The van der Waals surface area contributed by atoms with Crippen molar-refractivity contribution in [3.63, 3.8) is 0 Å². The third-order valence-electron chi connectivity index (χ3n) is 5.03. The van der Waals surface area contributed by atoms with Crippen LogP contribution in [0.5, 0.6) is 0 Å². The number of amides is 1.